The molecule has 10 nitrogen and oxygen atoms in total. The third-order valence-electron chi connectivity index (χ3n) is 3.25. The Morgan fingerprint density at radius 3 is 2.71 bits per heavy atom. The van der Waals surface area contributed by atoms with Gasteiger partial charge in [-0.2, -0.15) is 4.98 Å². The van der Waals surface area contributed by atoms with Gasteiger partial charge in [0.2, 0.25) is 0 Å². The number of ether oxygens (including phenoxy) is 2. The van der Waals surface area contributed by atoms with Gasteiger partial charge in [-0.3, -0.25) is 9.36 Å². The van der Waals surface area contributed by atoms with E-state index in [0.717, 1.165) is 4.57 Å². The summed E-state index contributed by atoms with van der Waals surface area (Å²) in [6.07, 6.45) is -5.13. The molecule has 1 aromatic heterocycles. The number of hydrogen-bond donors (Lipinski definition) is 5. The number of nitrogens with zero attached hydrogens (tertiary/aromatic N) is 2. The number of aliphatic hydroxyl groups is 3. The molecule has 10 heteroatoms. The number of aliphatic hydroxyl groups excluding tert-OH is 3. The molecule has 0 aromatic carbocycles. The first-order valence-corrected chi connectivity index (χ1v) is 6.19. The standard InChI is InChI=1S/C11H18N4O6/c1-15-10(19)5(8(12)14-11(15)20-2)13-9-7(18)6(17)4(16)3-21-9/h4,6-7,9,13,16-18H,3,12H2,1-2H3/t4-,6-,7+,9?/m0/s1. The smallest absolute Gasteiger partial charge is 0.300 e. The van der Waals surface area contributed by atoms with Crippen molar-refractivity contribution >= 4 is 11.5 Å². The molecule has 0 saturated carbocycles. The minimum Gasteiger partial charge on any atom is -0.468 e. The lowest BCUT2D eigenvalue weighted by molar-refractivity contribution is -0.178. The molecular weight excluding hydrogens is 284 g/mol. The second-order valence-electron chi connectivity index (χ2n) is 4.67. The normalized spacial score (nSPS) is 29.2. The Bertz CT molecular complexity index is 577. The highest BCUT2D eigenvalue weighted by atomic mass is 16.5. The van der Waals surface area contributed by atoms with Crippen molar-refractivity contribution in [2.75, 3.05) is 24.8 Å². The van der Waals surface area contributed by atoms with Crippen LogP contribution in [-0.2, 0) is 11.8 Å². The molecule has 0 aliphatic carbocycles. The van der Waals surface area contributed by atoms with Crippen LogP contribution in [0.1, 0.15) is 0 Å². The fraction of sp³-hybridized carbons (Fsp3) is 0.636. The molecule has 0 spiro atoms. The molecule has 1 fully saturated rings. The monoisotopic (exact) mass is 302 g/mol. The molecule has 1 saturated heterocycles. The van der Waals surface area contributed by atoms with Crippen LogP contribution in [0.25, 0.3) is 0 Å². The number of hydrogen-bond acceptors (Lipinski definition) is 9. The molecule has 0 amide bonds. The summed E-state index contributed by atoms with van der Waals surface area (Å²) in [5.74, 6) is -0.133. The van der Waals surface area contributed by atoms with E-state index < -0.39 is 30.1 Å². The second-order valence-corrected chi connectivity index (χ2v) is 4.67. The molecule has 118 valence electrons. The third kappa shape index (κ3) is 2.78. The molecule has 1 aliphatic rings. The Morgan fingerprint density at radius 1 is 1.43 bits per heavy atom. The van der Waals surface area contributed by atoms with Gasteiger partial charge in [-0.25, -0.2) is 0 Å². The van der Waals surface area contributed by atoms with Crippen LogP contribution in [0.15, 0.2) is 4.79 Å². The van der Waals surface area contributed by atoms with Crippen LogP contribution in [-0.4, -0.2) is 63.1 Å². The average Bonchev–Trinajstić information content (AvgIpc) is 2.47. The predicted octanol–water partition coefficient (Wildman–Crippen LogP) is -2.78. The maximum atomic E-state index is 12.1. The van der Waals surface area contributed by atoms with E-state index in [1.165, 1.54) is 14.2 Å². The van der Waals surface area contributed by atoms with Gasteiger partial charge in [0.1, 0.15) is 24.0 Å². The van der Waals surface area contributed by atoms with Crippen LogP contribution >= 0.6 is 0 Å². The van der Waals surface area contributed by atoms with Crippen molar-refractivity contribution in [3.05, 3.63) is 10.4 Å². The molecule has 21 heavy (non-hydrogen) atoms. The Morgan fingerprint density at radius 2 is 2.10 bits per heavy atom. The number of nitrogens with one attached hydrogen (secondary N) is 1. The lowest BCUT2D eigenvalue weighted by Gasteiger charge is -2.35. The van der Waals surface area contributed by atoms with Crippen molar-refractivity contribution in [2.24, 2.45) is 7.05 Å². The first-order chi connectivity index (χ1) is 9.86. The number of nitrogens with two attached hydrogens (primary N) is 1. The minimum absolute atomic E-state index is 0.0311. The Kier molecular flexibility index (Phi) is 4.32. The molecule has 6 N–H and O–H groups in total. The molecule has 2 rings (SSSR count). The van der Waals surface area contributed by atoms with E-state index in [1.54, 1.807) is 0 Å². The number of aromatic nitrogens is 2. The van der Waals surface area contributed by atoms with Crippen molar-refractivity contribution in [3.63, 3.8) is 0 Å². The van der Waals surface area contributed by atoms with Crippen LogP contribution in [0.3, 0.4) is 0 Å². The highest BCUT2D eigenvalue weighted by molar-refractivity contribution is 5.61. The van der Waals surface area contributed by atoms with Crippen molar-refractivity contribution in [1.29, 1.82) is 0 Å². The topological polar surface area (TPSA) is 152 Å². The molecular formula is C11H18N4O6. The van der Waals surface area contributed by atoms with Crippen LogP contribution in [0.2, 0.25) is 0 Å². The molecule has 2 heterocycles. The Balaban J connectivity index is 2.28. The SMILES string of the molecule is COc1nc(N)c(NC2OC[C@H](O)[C@H](O)[C@H]2O)c(=O)n1C. The van der Waals surface area contributed by atoms with Gasteiger partial charge >= 0.3 is 6.01 Å². The second kappa shape index (κ2) is 5.85. The Hall–Kier alpha value is -1.88. The summed E-state index contributed by atoms with van der Waals surface area (Å²) >= 11 is 0. The van der Waals surface area contributed by atoms with Gasteiger partial charge in [0, 0.05) is 7.05 Å². The van der Waals surface area contributed by atoms with Gasteiger partial charge in [0.15, 0.2) is 12.0 Å². The summed E-state index contributed by atoms with van der Waals surface area (Å²) in [4.78, 5) is 16.0. The van der Waals surface area contributed by atoms with Gasteiger partial charge < -0.3 is 35.8 Å². The average molecular weight is 302 g/mol. The fourth-order valence-electron chi connectivity index (χ4n) is 1.99. The molecule has 1 aromatic rings. The van der Waals surface area contributed by atoms with Crippen molar-refractivity contribution < 1.29 is 24.8 Å². The summed E-state index contributed by atoms with van der Waals surface area (Å²) in [5.41, 5.74) is 5.05. The van der Waals surface area contributed by atoms with E-state index >= 15 is 0 Å². The molecule has 4 atom stereocenters. The number of anilines is 2. The van der Waals surface area contributed by atoms with Crippen LogP contribution < -0.4 is 21.3 Å². The molecule has 1 aliphatic heterocycles. The van der Waals surface area contributed by atoms with E-state index in [0.29, 0.717) is 0 Å². The van der Waals surface area contributed by atoms with Crippen molar-refractivity contribution in [1.82, 2.24) is 9.55 Å². The van der Waals surface area contributed by atoms with Crippen molar-refractivity contribution in [3.8, 4) is 6.01 Å². The summed E-state index contributed by atoms with van der Waals surface area (Å²) in [5, 5.41) is 31.4. The van der Waals surface area contributed by atoms with E-state index in [1.807, 2.05) is 0 Å². The van der Waals surface area contributed by atoms with Gasteiger partial charge in [-0.05, 0) is 0 Å². The maximum absolute atomic E-state index is 12.1. The third-order valence-corrected chi connectivity index (χ3v) is 3.25. The number of methoxy groups -OCH3 is 1. The number of rotatable bonds is 3. The van der Waals surface area contributed by atoms with Crippen LogP contribution in [0.5, 0.6) is 6.01 Å². The molecule has 0 radical (unpaired) electrons. The highest BCUT2D eigenvalue weighted by Crippen LogP contribution is 2.20. The van der Waals surface area contributed by atoms with E-state index in [4.69, 9.17) is 15.2 Å². The maximum Gasteiger partial charge on any atom is 0.300 e. The zero-order valence-corrected chi connectivity index (χ0v) is 11.6. The van der Waals surface area contributed by atoms with Crippen LogP contribution in [0, 0.1) is 0 Å². The van der Waals surface area contributed by atoms with Gasteiger partial charge in [-0.15, -0.1) is 0 Å². The Labute approximate surface area is 119 Å². The van der Waals surface area contributed by atoms with Gasteiger partial charge in [0.05, 0.1) is 13.7 Å². The minimum atomic E-state index is -1.43. The van der Waals surface area contributed by atoms with Crippen molar-refractivity contribution in [2.45, 2.75) is 24.5 Å². The lowest BCUT2D eigenvalue weighted by Crippen LogP contribution is -2.56. The molecule has 0 bridgehead atoms. The molecule has 1 unspecified atom stereocenters. The van der Waals surface area contributed by atoms with Gasteiger partial charge in [0.25, 0.3) is 5.56 Å². The fourth-order valence-corrected chi connectivity index (χ4v) is 1.99. The zero-order valence-electron chi connectivity index (χ0n) is 11.6. The van der Waals surface area contributed by atoms with E-state index in [9.17, 15) is 20.1 Å². The quantitative estimate of drug-likeness (QED) is 0.399. The van der Waals surface area contributed by atoms with E-state index in [2.05, 4.69) is 10.3 Å². The van der Waals surface area contributed by atoms with E-state index in [-0.39, 0.29) is 24.1 Å². The summed E-state index contributed by atoms with van der Waals surface area (Å²) in [7, 11) is 2.79. The largest absolute Gasteiger partial charge is 0.468 e. The van der Waals surface area contributed by atoms with Gasteiger partial charge in [-0.1, -0.05) is 0 Å². The first kappa shape index (κ1) is 15.5. The number of nitrogen functional groups attached to an aromatic ring is 1. The summed E-state index contributed by atoms with van der Waals surface area (Å²) < 4.78 is 11.2. The zero-order chi connectivity index (χ0) is 15.7. The first-order valence-electron chi connectivity index (χ1n) is 6.19. The summed E-state index contributed by atoms with van der Waals surface area (Å²) in [6, 6.07) is 0.0311. The highest BCUT2D eigenvalue weighted by Gasteiger charge is 2.38. The predicted molar refractivity (Wildman–Crippen MR) is 71.8 cm³/mol. The van der Waals surface area contributed by atoms with Crippen LogP contribution in [0.4, 0.5) is 11.5 Å². The lowest BCUT2D eigenvalue weighted by atomic mass is 10.0. The summed E-state index contributed by atoms with van der Waals surface area (Å²) in [6.45, 7) is -0.195.